The van der Waals surface area contributed by atoms with E-state index in [2.05, 4.69) is 68.1 Å². The molecule has 3 nitrogen and oxygen atoms in total. The van der Waals surface area contributed by atoms with E-state index < -0.39 is 0 Å². The molecular weight excluding hydrogens is 318 g/mol. The first-order valence-electron chi connectivity index (χ1n) is 9.41. The van der Waals surface area contributed by atoms with Crippen LogP contribution in [-0.2, 0) is 18.4 Å². The summed E-state index contributed by atoms with van der Waals surface area (Å²) in [6.07, 6.45) is 4.90. The first-order chi connectivity index (χ1) is 12.4. The second-order valence-electron chi connectivity index (χ2n) is 8.22. The van der Waals surface area contributed by atoms with Gasteiger partial charge in [-0.3, -0.25) is 0 Å². The van der Waals surface area contributed by atoms with Gasteiger partial charge in [-0.05, 0) is 46.6 Å². The van der Waals surface area contributed by atoms with Crippen LogP contribution in [0, 0.1) is 10.8 Å². The van der Waals surface area contributed by atoms with Crippen molar-refractivity contribution in [2.24, 2.45) is 0 Å². The second-order valence-corrected chi connectivity index (χ2v) is 8.22. The molecule has 0 aromatic heterocycles. The molecule has 26 heavy (non-hydrogen) atoms. The Kier molecular flexibility index (Phi) is 5.26. The Bertz CT molecular complexity index is 776. The largest absolute Gasteiger partial charge is 0.367 e. The number of hydrogen-bond donors (Lipinski definition) is 2. The molecule has 2 aromatic carbocycles. The summed E-state index contributed by atoms with van der Waals surface area (Å²) in [6, 6.07) is 15.4. The quantitative estimate of drug-likeness (QED) is 0.707. The van der Waals surface area contributed by atoms with E-state index in [4.69, 9.17) is 10.8 Å². The molecule has 2 N–H and O–H groups in total. The van der Waals surface area contributed by atoms with E-state index in [1.807, 2.05) is 0 Å². The highest BCUT2D eigenvalue weighted by molar-refractivity contribution is 5.87. The van der Waals surface area contributed by atoms with E-state index >= 15 is 0 Å². The highest BCUT2D eigenvalue weighted by atomic mass is 15.1. The van der Waals surface area contributed by atoms with E-state index in [0.29, 0.717) is 0 Å². The van der Waals surface area contributed by atoms with Crippen LogP contribution in [0.2, 0.25) is 0 Å². The number of fused-ring (bicyclic) bond motifs is 1. The number of nitrogens with zero attached hydrogens (tertiary/aromatic N) is 1. The highest BCUT2D eigenvalue weighted by Crippen LogP contribution is 2.31. The smallest absolute Gasteiger partial charge is 0.0532 e. The van der Waals surface area contributed by atoms with E-state index in [1.165, 1.54) is 34.8 Å². The summed E-state index contributed by atoms with van der Waals surface area (Å²) in [4.78, 5) is 2.46. The molecule has 0 atom stereocenters. The summed E-state index contributed by atoms with van der Waals surface area (Å²) in [6.45, 7) is 8.74. The number of benzene rings is 2. The van der Waals surface area contributed by atoms with Crippen molar-refractivity contribution in [1.82, 2.24) is 0 Å². The maximum absolute atomic E-state index is 7.50. The minimum Gasteiger partial charge on any atom is -0.367 e. The Morgan fingerprint density at radius 2 is 1.73 bits per heavy atom. The van der Waals surface area contributed by atoms with Crippen molar-refractivity contribution in [2.75, 3.05) is 11.4 Å². The Hall–Kier alpha value is -2.42. The Morgan fingerprint density at radius 3 is 2.35 bits per heavy atom. The normalized spacial score (nSPS) is 15.3. The van der Waals surface area contributed by atoms with Gasteiger partial charge in [-0.2, -0.15) is 0 Å². The molecule has 0 fully saturated rings. The lowest BCUT2D eigenvalue weighted by Gasteiger charge is -2.32. The minimum atomic E-state index is -0.208. The molecule has 0 radical (unpaired) electrons. The fraction of sp³-hybridized carbons (Fsp3) is 0.391. The van der Waals surface area contributed by atoms with Gasteiger partial charge in [0.15, 0.2) is 0 Å². The van der Waals surface area contributed by atoms with Crippen molar-refractivity contribution in [3.63, 3.8) is 0 Å². The van der Waals surface area contributed by atoms with E-state index in [0.717, 1.165) is 31.5 Å². The maximum Gasteiger partial charge on any atom is 0.0532 e. The third-order valence-corrected chi connectivity index (χ3v) is 5.26. The zero-order valence-corrected chi connectivity index (χ0v) is 16.0. The summed E-state index contributed by atoms with van der Waals surface area (Å²) in [5, 5.41) is 15.0. The number of rotatable bonds is 5. The molecule has 0 saturated heterocycles. The fourth-order valence-corrected chi connectivity index (χ4v) is 3.64. The number of anilines is 1. The third-order valence-electron chi connectivity index (χ3n) is 5.26. The molecular formula is C23H29N3. The maximum atomic E-state index is 7.50. The van der Waals surface area contributed by atoms with Gasteiger partial charge >= 0.3 is 0 Å². The number of nitrogens with one attached hydrogen (secondary N) is 2. The van der Waals surface area contributed by atoms with Crippen LogP contribution in [0.4, 0.5) is 5.69 Å². The first-order valence-corrected chi connectivity index (χ1v) is 9.41. The SMILES string of the molecule is CC(C)(C)c1ccc(CN2CCCc3cc(C(C=N)C=N)ccc32)cc1. The van der Waals surface area contributed by atoms with E-state index in [-0.39, 0.29) is 11.3 Å². The summed E-state index contributed by atoms with van der Waals surface area (Å²) < 4.78 is 0. The van der Waals surface area contributed by atoms with Gasteiger partial charge in [0.1, 0.15) is 0 Å². The van der Waals surface area contributed by atoms with Crippen LogP contribution >= 0.6 is 0 Å². The molecule has 2 aromatic rings. The molecule has 1 aliphatic heterocycles. The lowest BCUT2D eigenvalue weighted by molar-refractivity contribution is 0.589. The first kappa shape index (κ1) is 18.4. The lowest BCUT2D eigenvalue weighted by atomic mass is 9.86. The zero-order valence-electron chi connectivity index (χ0n) is 16.0. The molecule has 136 valence electrons. The average Bonchev–Trinajstić information content (AvgIpc) is 2.62. The van der Waals surface area contributed by atoms with Crippen molar-refractivity contribution < 1.29 is 0 Å². The monoisotopic (exact) mass is 347 g/mol. The zero-order chi connectivity index (χ0) is 18.7. The van der Waals surface area contributed by atoms with Crippen LogP contribution in [0.3, 0.4) is 0 Å². The molecule has 1 heterocycles. The van der Waals surface area contributed by atoms with Crippen LogP contribution in [-0.4, -0.2) is 19.0 Å². The van der Waals surface area contributed by atoms with Gasteiger partial charge in [0, 0.05) is 31.2 Å². The lowest BCUT2D eigenvalue weighted by Crippen LogP contribution is -2.29. The van der Waals surface area contributed by atoms with Crippen molar-refractivity contribution in [2.45, 2.75) is 51.5 Å². The van der Waals surface area contributed by atoms with Crippen molar-refractivity contribution in [3.05, 3.63) is 64.7 Å². The molecule has 0 spiro atoms. The Morgan fingerprint density at radius 1 is 1.04 bits per heavy atom. The summed E-state index contributed by atoms with van der Waals surface area (Å²) in [5.74, 6) is -0.208. The van der Waals surface area contributed by atoms with Gasteiger partial charge in [0.2, 0.25) is 0 Å². The van der Waals surface area contributed by atoms with Crippen LogP contribution in [0.15, 0.2) is 42.5 Å². The van der Waals surface area contributed by atoms with E-state index in [9.17, 15) is 0 Å². The Labute approximate surface area is 157 Å². The van der Waals surface area contributed by atoms with Crippen LogP contribution in [0.5, 0.6) is 0 Å². The van der Waals surface area contributed by atoms with Crippen LogP contribution in [0.1, 0.15) is 55.4 Å². The summed E-state index contributed by atoms with van der Waals surface area (Å²) >= 11 is 0. The van der Waals surface area contributed by atoms with Gasteiger partial charge < -0.3 is 15.7 Å². The fourth-order valence-electron chi connectivity index (χ4n) is 3.64. The standard InChI is InChI=1S/C23H29N3/c1-23(2,3)21-9-6-17(7-10-21)16-26-12-4-5-19-13-18(8-11-22(19)26)20(14-24)15-25/h6-11,13-15,20,24-25H,4-5,12,16H2,1-3H3. The van der Waals surface area contributed by atoms with Gasteiger partial charge in [0.25, 0.3) is 0 Å². The van der Waals surface area contributed by atoms with Gasteiger partial charge in [-0.25, -0.2) is 0 Å². The second kappa shape index (κ2) is 7.45. The van der Waals surface area contributed by atoms with Crippen LogP contribution < -0.4 is 4.90 Å². The third kappa shape index (κ3) is 3.87. The number of hydrogen-bond acceptors (Lipinski definition) is 3. The highest BCUT2D eigenvalue weighted by Gasteiger charge is 2.19. The predicted molar refractivity (Wildman–Crippen MR) is 111 cm³/mol. The molecule has 3 rings (SSSR count). The van der Waals surface area contributed by atoms with E-state index in [1.54, 1.807) is 0 Å². The molecule has 0 aliphatic carbocycles. The van der Waals surface area contributed by atoms with Gasteiger partial charge in [-0.15, -0.1) is 0 Å². The molecule has 0 saturated carbocycles. The topological polar surface area (TPSA) is 50.9 Å². The Balaban J connectivity index is 1.81. The molecule has 1 aliphatic rings. The van der Waals surface area contributed by atoms with Gasteiger partial charge in [-0.1, -0.05) is 57.2 Å². The minimum absolute atomic E-state index is 0.187. The summed E-state index contributed by atoms with van der Waals surface area (Å²) in [7, 11) is 0. The summed E-state index contributed by atoms with van der Waals surface area (Å²) in [5.41, 5.74) is 6.58. The van der Waals surface area contributed by atoms with Gasteiger partial charge in [0.05, 0.1) is 5.92 Å². The molecule has 0 amide bonds. The van der Waals surface area contributed by atoms with Crippen molar-refractivity contribution >= 4 is 18.1 Å². The average molecular weight is 348 g/mol. The van der Waals surface area contributed by atoms with Crippen molar-refractivity contribution in [3.8, 4) is 0 Å². The van der Waals surface area contributed by atoms with Crippen LogP contribution in [0.25, 0.3) is 0 Å². The number of aryl methyl sites for hydroxylation is 1. The molecule has 0 bridgehead atoms. The molecule has 0 unspecified atom stereocenters. The van der Waals surface area contributed by atoms with Crippen molar-refractivity contribution in [1.29, 1.82) is 10.8 Å². The predicted octanol–water partition coefficient (Wildman–Crippen LogP) is 5.32. The molecule has 3 heteroatoms.